The molecule has 0 bridgehead atoms. The van der Waals surface area contributed by atoms with Crippen LogP contribution in [0.25, 0.3) is 0 Å². The van der Waals surface area contributed by atoms with Gasteiger partial charge in [-0.2, -0.15) is 0 Å². The van der Waals surface area contributed by atoms with Crippen molar-refractivity contribution >= 4 is 24.2 Å². The first kappa shape index (κ1) is 14.3. The highest BCUT2D eigenvalue weighted by Gasteiger charge is 2.25. The Bertz CT molecular complexity index is 228. The van der Waals surface area contributed by atoms with E-state index in [1.54, 1.807) is 0 Å². The quantitative estimate of drug-likeness (QED) is 0.729. The van der Waals surface area contributed by atoms with Crippen LogP contribution in [0.4, 0.5) is 0 Å². The highest BCUT2D eigenvalue weighted by atomic mass is 35.5. The highest BCUT2D eigenvalue weighted by molar-refractivity contribution is 5.87. The molecule has 0 saturated carbocycles. The van der Waals surface area contributed by atoms with Crippen LogP contribution < -0.4 is 5.73 Å². The molecule has 0 aliphatic carbocycles. The third kappa shape index (κ3) is 4.59. The van der Waals surface area contributed by atoms with E-state index in [4.69, 9.17) is 15.6 Å². The molecule has 1 unspecified atom stereocenters. The molecule has 1 atom stereocenters. The van der Waals surface area contributed by atoms with E-state index in [9.17, 15) is 9.59 Å². The van der Waals surface area contributed by atoms with Gasteiger partial charge in [0.15, 0.2) is 0 Å². The lowest BCUT2D eigenvalue weighted by atomic mass is 9.92. The van der Waals surface area contributed by atoms with Gasteiger partial charge in [-0.05, 0) is 12.8 Å². The Morgan fingerprint density at radius 3 is 2.40 bits per heavy atom. The van der Waals surface area contributed by atoms with Gasteiger partial charge in [0.1, 0.15) is 11.8 Å². The molecule has 0 aromatic carbocycles. The number of carboxylic acids is 1. The number of carbonyl (C=O) groups is 2. The summed E-state index contributed by atoms with van der Waals surface area (Å²) in [6.45, 7) is 1.16. The minimum Gasteiger partial charge on any atom is -0.480 e. The molecule has 0 aromatic heterocycles. The minimum absolute atomic E-state index is 0. The van der Waals surface area contributed by atoms with Gasteiger partial charge in [-0.25, -0.2) is 0 Å². The molecular formula is C9H16ClNO4. The van der Waals surface area contributed by atoms with Crippen LogP contribution in [0.15, 0.2) is 0 Å². The molecule has 6 heteroatoms. The van der Waals surface area contributed by atoms with Gasteiger partial charge >= 0.3 is 5.97 Å². The normalized spacial score (nSPS) is 19.0. The second-order valence-corrected chi connectivity index (χ2v) is 3.50. The fourth-order valence-electron chi connectivity index (χ4n) is 1.49. The van der Waals surface area contributed by atoms with Gasteiger partial charge < -0.3 is 15.6 Å². The van der Waals surface area contributed by atoms with Gasteiger partial charge in [0, 0.05) is 25.6 Å². The van der Waals surface area contributed by atoms with Crippen LogP contribution in [-0.2, 0) is 14.3 Å². The van der Waals surface area contributed by atoms with Crippen LogP contribution in [-0.4, -0.2) is 36.1 Å². The first-order chi connectivity index (χ1) is 6.61. The summed E-state index contributed by atoms with van der Waals surface area (Å²) in [7, 11) is 0. The lowest BCUT2D eigenvalue weighted by Gasteiger charge is -2.21. The van der Waals surface area contributed by atoms with E-state index in [-0.39, 0.29) is 30.5 Å². The summed E-state index contributed by atoms with van der Waals surface area (Å²) in [5.74, 6) is -1.23. The standard InChI is InChI=1S/C9H15NO4.ClH/c10-7(9(12)13)5-8(11)6-1-3-14-4-2-6;/h6-7H,1-5,10H2,(H,12,13);1H. The zero-order chi connectivity index (χ0) is 10.6. The first-order valence-electron chi connectivity index (χ1n) is 4.70. The van der Waals surface area contributed by atoms with E-state index in [2.05, 4.69) is 0 Å². The Labute approximate surface area is 94.4 Å². The van der Waals surface area contributed by atoms with Crippen molar-refractivity contribution < 1.29 is 19.4 Å². The first-order valence-corrected chi connectivity index (χ1v) is 4.70. The van der Waals surface area contributed by atoms with Crippen molar-refractivity contribution in [2.24, 2.45) is 11.7 Å². The molecule has 1 saturated heterocycles. The van der Waals surface area contributed by atoms with Crippen molar-refractivity contribution in [1.29, 1.82) is 0 Å². The molecular weight excluding hydrogens is 222 g/mol. The van der Waals surface area contributed by atoms with Gasteiger partial charge in [0.25, 0.3) is 0 Å². The molecule has 1 rings (SSSR count). The Morgan fingerprint density at radius 2 is 1.93 bits per heavy atom. The summed E-state index contributed by atoms with van der Waals surface area (Å²) in [6.07, 6.45) is 1.30. The largest absolute Gasteiger partial charge is 0.480 e. The second-order valence-electron chi connectivity index (χ2n) is 3.50. The van der Waals surface area contributed by atoms with Gasteiger partial charge in [-0.3, -0.25) is 9.59 Å². The maximum Gasteiger partial charge on any atom is 0.320 e. The van der Waals surface area contributed by atoms with E-state index in [0.29, 0.717) is 26.1 Å². The molecule has 0 aromatic rings. The van der Waals surface area contributed by atoms with Gasteiger partial charge in [0.2, 0.25) is 0 Å². The van der Waals surface area contributed by atoms with Crippen molar-refractivity contribution in [3.63, 3.8) is 0 Å². The molecule has 1 aliphatic heterocycles. The van der Waals surface area contributed by atoms with Gasteiger partial charge in [0.05, 0.1) is 0 Å². The lowest BCUT2D eigenvalue weighted by Crippen LogP contribution is -2.35. The van der Waals surface area contributed by atoms with E-state index in [0.717, 1.165) is 0 Å². The summed E-state index contributed by atoms with van der Waals surface area (Å²) >= 11 is 0. The molecule has 1 heterocycles. The predicted octanol–water partition coefficient (Wildman–Crippen LogP) is 0.206. The van der Waals surface area contributed by atoms with Crippen LogP contribution in [0.1, 0.15) is 19.3 Å². The molecule has 1 fully saturated rings. The fourth-order valence-corrected chi connectivity index (χ4v) is 1.49. The lowest BCUT2D eigenvalue weighted by molar-refractivity contribution is -0.141. The molecule has 88 valence electrons. The molecule has 0 amide bonds. The van der Waals surface area contributed by atoms with Crippen molar-refractivity contribution in [1.82, 2.24) is 0 Å². The third-order valence-electron chi connectivity index (χ3n) is 2.41. The number of ether oxygens (including phenoxy) is 1. The number of aliphatic carboxylic acids is 1. The SMILES string of the molecule is Cl.NC(CC(=O)C1CCOCC1)C(=O)O. The zero-order valence-electron chi connectivity index (χ0n) is 8.35. The predicted molar refractivity (Wildman–Crippen MR) is 56.0 cm³/mol. The average Bonchev–Trinajstić information content (AvgIpc) is 2.19. The monoisotopic (exact) mass is 237 g/mol. The molecule has 3 N–H and O–H groups in total. The minimum atomic E-state index is -1.12. The number of carbonyl (C=O) groups excluding carboxylic acids is 1. The number of carboxylic acid groups (broad SMARTS) is 1. The van der Waals surface area contributed by atoms with Crippen molar-refractivity contribution in [3.05, 3.63) is 0 Å². The maximum absolute atomic E-state index is 11.5. The summed E-state index contributed by atoms with van der Waals surface area (Å²) in [6, 6.07) is -1.06. The average molecular weight is 238 g/mol. The highest BCUT2D eigenvalue weighted by Crippen LogP contribution is 2.17. The van der Waals surface area contributed by atoms with Crippen molar-refractivity contribution in [2.75, 3.05) is 13.2 Å². The zero-order valence-corrected chi connectivity index (χ0v) is 9.16. The number of halogens is 1. The van der Waals surface area contributed by atoms with Gasteiger partial charge in [-0.15, -0.1) is 12.4 Å². The number of ketones is 1. The number of nitrogens with two attached hydrogens (primary N) is 1. The van der Waals surface area contributed by atoms with E-state index in [1.807, 2.05) is 0 Å². The molecule has 1 aliphatic rings. The Hall–Kier alpha value is -0.650. The smallest absolute Gasteiger partial charge is 0.320 e. The number of Topliss-reactive ketones (excluding diaryl/α,β-unsaturated/α-hetero) is 1. The molecule has 15 heavy (non-hydrogen) atoms. The molecule has 0 radical (unpaired) electrons. The Balaban J connectivity index is 0.00000196. The number of hydrogen-bond acceptors (Lipinski definition) is 4. The van der Waals surface area contributed by atoms with E-state index < -0.39 is 12.0 Å². The maximum atomic E-state index is 11.5. The summed E-state index contributed by atoms with van der Waals surface area (Å²) in [5.41, 5.74) is 5.27. The second kappa shape index (κ2) is 6.76. The Morgan fingerprint density at radius 1 is 1.40 bits per heavy atom. The summed E-state index contributed by atoms with van der Waals surface area (Å²) in [4.78, 5) is 21.9. The van der Waals surface area contributed by atoms with Gasteiger partial charge in [-0.1, -0.05) is 0 Å². The van der Waals surface area contributed by atoms with Crippen molar-refractivity contribution in [2.45, 2.75) is 25.3 Å². The van der Waals surface area contributed by atoms with E-state index >= 15 is 0 Å². The Kier molecular flexibility index (Phi) is 6.47. The van der Waals surface area contributed by atoms with Crippen LogP contribution in [0.5, 0.6) is 0 Å². The summed E-state index contributed by atoms with van der Waals surface area (Å²) in [5, 5.41) is 8.53. The number of rotatable bonds is 4. The van der Waals surface area contributed by atoms with Crippen LogP contribution in [0, 0.1) is 5.92 Å². The summed E-state index contributed by atoms with van der Waals surface area (Å²) < 4.78 is 5.10. The molecule has 5 nitrogen and oxygen atoms in total. The van der Waals surface area contributed by atoms with Crippen LogP contribution >= 0.6 is 12.4 Å². The van der Waals surface area contributed by atoms with E-state index in [1.165, 1.54) is 0 Å². The molecule has 0 spiro atoms. The third-order valence-corrected chi connectivity index (χ3v) is 2.41. The van der Waals surface area contributed by atoms with Crippen LogP contribution in [0.3, 0.4) is 0 Å². The number of hydrogen-bond donors (Lipinski definition) is 2. The van der Waals surface area contributed by atoms with Crippen molar-refractivity contribution in [3.8, 4) is 0 Å². The topological polar surface area (TPSA) is 89.6 Å². The fraction of sp³-hybridized carbons (Fsp3) is 0.778. The van der Waals surface area contributed by atoms with Crippen LogP contribution in [0.2, 0.25) is 0 Å².